The van der Waals surface area contributed by atoms with Gasteiger partial charge in [-0.3, -0.25) is 4.79 Å². The fourth-order valence-corrected chi connectivity index (χ4v) is 2.64. The van der Waals surface area contributed by atoms with Crippen LogP contribution in [-0.4, -0.2) is 50.7 Å². The second kappa shape index (κ2) is 8.86. The Morgan fingerprint density at radius 2 is 2.05 bits per heavy atom. The molecule has 0 bridgehead atoms. The molecule has 1 aromatic rings. The van der Waals surface area contributed by atoms with Crippen molar-refractivity contribution in [3.63, 3.8) is 0 Å². The van der Waals surface area contributed by atoms with Gasteiger partial charge in [0.15, 0.2) is 11.5 Å². The van der Waals surface area contributed by atoms with Gasteiger partial charge in [0, 0.05) is 32.1 Å². The van der Waals surface area contributed by atoms with E-state index in [-0.39, 0.29) is 24.4 Å². The van der Waals surface area contributed by atoms with Crippen LogP contribution in [0.1, 0.15) is 18.9 Å². The van der Waals surface area contributed by atoms with E-state index in [2.05, 4.69) is 12.2 Å². The van der Waals surface area contributed by atoms with Crippen LogP contribution in [0.15, 0.2) is 18.2 Å². The molecule has 1 N–H and O–H groups in total. The van der Waals surface area contributed by atoms with Crippen molar-refractivity contribution in [2.24, 2.45) is 0 Å². The first-order valence-electron chi connectivity index (χ1n) is 7.36. The number of aryl methyl sites for hydroxylation is 1. The van der Waals surface area contributed by atoms with Crippen LogP contribution < -0.4 is 14.8 Å². The van der Waals surface area contributed by atoms with Crippen LogP contribution >= 0.6 is 12.4 Å². The maximum Gasteiger partial charge on any atom is 0.223 e. The zero-order valence-electron chi connectivity index (χ0n) is 13.4. The lowest BCUT2D eigenvalue weighted by Crippen LogP contribution is -2.52. The van der Waals surface area contributed by atoms with E-state index in [9.17, 15) is 4.79 Å². The van der Waals surface area contributed by atoms with E-state index >= 15 is 0 Å². The lowest BCUT2D eigenvalue weighted by molar-refractivity contribution is -0.133. The van der Waals surface area contributed by atoms with Gasteiger partial charge in [-0.25, -0.2) is 0 Å². The Morgan fingerprint density at radius 1 is 1.32 bits per heavy atom. The van der Waals surface area contributed by atoms with Gasteiger partial charge in [0.25, 0.3) is 0 Å². The molecule has 0 aliphatic carbocycles. The number of nitrogens with one attached hydrogen (secondary N) is 1. The van der Waals surface area contributed by atoms with Crippen LogP contribution in [0.4, 0.5) is 0 Å². The number of carbonyl (C=O) groups excluding carboxylic acids is 1. The zero-order chi connectivity index (χ0) is 15.2. The van der Waals surface area contributed by atoms with Gasteiger partial charge in [-0.1, -0.05) is 6.07 Å². The van der Waals surface area contributed by atoms with E-state index in [1.54, 1.807) is 14.2 Å². The standard InChI is InChI=1S/C16H24N2O3.ClH/c1-12-11-17-8-9-18(12)16(19)7-5-13-4-6-14(20-2)15(10-13)21-3;/h4,6,10,12,17H,5,7-9,11H2,1-3H3;1H. The van der Waals surface area contributed by atoms with Crippen molar-refractivity contribution in [3.05, 3.63) is 23.8 Å². The second-order valence-electron chi connectivity index (χ2n) is 5.33. The lowest BCUT2D eigenvalue weighted by Gasteiger charge is -2.34. The number of amides is 1. The van der Waals surface area contributed by atoms with Crippen LogP contribution in [0.3, 0.4) is 0 Å². The third-order valence-electron chi connectivity index (χ3n) is 3.90. The fraction of sp³-hybridized carbons (Fsp3) is 0.562. The maximum atomic E-state index is 12.3. The number of rotatable bonds is 5. The number of carbonyl (C=O) groups is 1. The van der Waals surface area contributed by atoms with Crippen molar-refractivity contribution in [2.75, 3.05) is 33.9 Å². The SMILES string of the molecule is COc1ccc(CCC(=O)N2CCNCC2C)cc1OC.Cl. The molecule has 5 nitrogen and oxygen atoms in total. The minimum atomic E-state index is 0. The van der Waals surface area contributed by atoms with Crippen LogP contribution in [0, 0.1) is 0 Å². The molecule has 1 atom stereocenters. The van der Waals surface area contributed by atoms with Gasteiger partial charge in [0.05, 0.1) is 14.2 Å². The summed E-state index contributed by atoms with van der Waals surface area (Å²) in [5, 5.41) is 3.30. The van der Waals surface area contributed by atoms with Crippen molar-refractivity contribution in [3.8, 4) is 11.5 Å². The number of nitrogens with zero attached hydrogens (tertiary/aromatic N) is 1. The third kappa shape index (κ3) is 4.52. The molecule has 1 saturated heterocycles. The quantitative estimate of drug-likeness (QED) is 0.896. The first-order valence-corrected chi connectivity index (χ1v) is 7.36. The van der Waals surface area contributed by atoms with Crippen molar-refractivity contribution in [1.82, 2.24) is 10.2 Å². The van der Waals surface area contributed by atoms with Crippen LogP contribution in [0.5, 0.6) is 11.5 Å². The van der Waals surface area contributed by atoms with Crippen molar-refractivity contribution >= 4 is 18.3 Å². The van der Waals surface area contributed by atoms with Crippen molar-refractivity contribution in [2.45, 2.75) is 25.8 Å². The highest BCUT2D eigenvalue weighted by Crippen LogP contribution is 2.28. The predicted octanol–water partition coefficient (Wildman–Crippen LogP) is 1.88. The van der Waals surface area contributed by atoms with E-state index in [1.807, 2.05) is 23.1 Å². The Bertz CT molecular complexity index is 496. The Balaban J connectivity index is 0.00000242. The fourth-order valence-electron chi connectivity index (χ4n) is 2.64. The van der Waals surface area contributed by atoms with E-state index in [1.165, 1.54) is 0 Å². The van der Waals surface area contributed by atoms with Gasteiger partial charge in [0.2, 0.25) is 5.91 Å². The number of methoxy groups -OCH3 is 2. The molecule has 1 fully saturated rings. The summed E-state index contributed by atoms with van der Waals surface area (Å²) >= 11 is 0. The summed E-state index contributed by atoms with van der Waals surface area (Å²) in [7, 11) is 3.24. The Hall–Kier alpha value is -1.46. The van der Waals surface area contributed by atoms with Gasteiger partial charge in [0.1, 0.15) is 0 Å². The summed E-state index contributed by atoms with van der Waals surface area (Å²) in [6.07, 6.45) is 1.25. The molecule has 0 radical (unpaired) electrons. The highest BCUT2D eigenvalue weighted by atomic mass is 35.5. The molecule has 0 spiro atoms. The van der Waals surface area contributed by atoms with Gasteiger partial charge in [-0.05, 0) is 31.0 Å². The van der Waals surface area contributed by atoms with E-state index < -0.39 is 0 Å². The van der Waals surface area contributed by atoms with Crippen LogP contribution in [-0.2, 0) is 11.2 Å². The molecule has 6 heteroatoms. The number of ether oxygens (including phenoxy) is 2. The molecule has 0 aromatic heterocycles. The maximum absolute atomic E-state index is 12.3. The highest BCUT2D eigenvalue weighted by Gasteiger charge is 2.22. The summed E-state index contributed by atoms with van der Waals surface area (Å²) in [4.78, 5) is 14.3. The number of halogens is 1. The molecule has 1 aromatic carbocycles. The normalized spacial score (nSPS) is 17.6. The zero-order valence-corrected chi connectivity index (χ0v) is 14.2. The Morgan fingerprint density at radius 3 is 2.68 bits per heavy atom. The first kappa shape index (κ1) is 18.6. The number of hydrogen-bond acceptors (Lipinski definition) is 4. The van der Waals surface area contributed by atoms with Crippen molar-refractivity contribution < 1.29 is 14.3 Å². The summed E-state index contributed by atoms with van der Waals surface area (Å²) in [5.41, 5.74) is 1.09. The number of piperazine rings is 1. The summed E-state index contributed by atoms with van der Waals surface area (Å²) in [6, 6.07) is 6.08. The predicted molar refractivity (Wildman–Crippen MR) is 89.2 cm³/mol. The number of hydrogen-bond donors (Lipinski definition) is 1. The monoisotopic (exact) mass is 328 g/mol. The average molecular weight is 329 g/mol. The molecule has 1 amide bonds. The molecule has 1 heterocycles. The van der Waals surface area contributed by atoms with Crippen molar-refractivity contribution in [1.29, 1.82) is 0 Å². The molecule has 2 rings (SSSR count). The van der Waals surface area contributed by atoms with Crippen LogP contribution in [0.2, 0.25) is 0 Å². The third-order valence-corrected chi connectivity index (χ3v) is 3.90. The largest absolute Gasteiger partial charge is 0.493 e. The van der Waals surface area contributed by atoms with Gasteiger partial charge in [-0.2, -0.15) is 0 Å². The molecule has 0 saturated carbocycles. The molecular formula is C16H25ClN2O3. The first-order chi connectivity index (χ1) is 10.2. The van der Waals surface area contributed by atoms with Crippen LogP contribution in [0.25, 0.3) is 0 Å². The Labute approximate surface area is 138 Å². The molecular weight excluding hydrogens is 304 g/mol. The lowest BCUT2D eigenvalue weighted by atomic mass is 10.1. The smallest absolute Gasteiger partial charge is 0.223 e. The minimum absolute atomic E-state index is 0. The summed E-state index contributed by atoms with van der Waals surface area (Å²) < 4.78 is 10.5. The van der Waals surface area contributed by atoms with E-state index in [0.29, 0.717) is 17.9 Å². The second-order valence-corrected chi connectivity index (χ2v) is 5.33. The average Bonchev–Trinajstić information content (AvgIpc) is 2.52. The summed E-state index contributed by atoms with van der Waals surface area (Å²) in [6.45, 7) is 4.64. The molecule has 1 aliphatic rings. The topological polar surface area (TPSA) is 50.8 Å². The van der Waals surface area contributed by atoms with E-state index in [4.69, 9.17) is 9.47 Å². The summed E-state index contributed by atoms with van der Waals surface area (Å²) in [5.74, 6) is 1.64. The minimum Gasteiger partial charge on any atom is -0.493 e. The highest BCUT2D eigenvalue weighted by molar-refractivity contribution is 5.85. The van der Waals surface area contributed by atoms with Gasteiger partial charge < -0.3 is 19.7 Å². The van der Waals surface area contributed by atoms with E-state index in [0.717, 1.165) is 31.6 Å². The Kier molecular flexibility index (Phi) is 7.48. The molecule has 22 heavy (non-hydrogen) atoms. The molecule has 124 valence electrons. The number of benzene rings is 1. The van der Waals surface area contributed by atoms with Gasteiger partial charge >= 0.3 is 0 Å². The molecule has 1 aliphatic heterocycles. The molecule has 1 unspecified atom stereocenters. The van der Waals surface area contributed by atoms with Gasteiger partial charge in [-0.15, -0.1) is 12.4 Å².